The standard InChI is InChI=1S/C15H34N2/c1-3-5-6-7-8-9-10-11-12-14-15(17-16)13-4-2/h15,17H,3-14,16H2,1-2H3. The Morgan fingerprint density at radius 3 is 1.71 bits per heavy atom. The summed E-state index contributed by atoms with van der Waals surface area (Å²) in [6.45, 7) is 4.50. The number of nitrogens with one attached hydrogen (secondary N) is 1. The van der Waals surface area contributed by atoms with E-state index in [-0.39, 0.29) is 0 Å². The van der Waals surface area contributed by atoms with Gasteiger partial charge in [0.05, 0.1) is 0 Å². The largest absolute Gasteiger partial charge is 0.271 e. The molecule has 0 aliphatic rings. The zero-order valence-corrected chi connectivity index (χ0v) is 12.1. The Balaban J connectivity index is 3.11. The van der Waals surface area contributed by atoms with Crippen LogP contribution < -0.4 is 11.3 Å². The summed E-state index contributed by atoms with van der Waals surface area (Å²) >= 11 is 0. The molecule has 0 amide bonds. The van der Waals surface area contributed by atoms with Crippen molar-refractivity contribution in [3.05, 3.63) is 0 Å². The molecule has 104 valence electrons. The molecule has 0 radical (unpaired) electrons. The molecule has 0 aromatic heterocycles. The summed E-state index contributed by atoms with van der Waals surface area (Å²) in [4.78, 5) is 0. The lowest BCUT2D eigenvalue weighted by Crippen LogP contribution is -2.34. The normalized spacial score (nSPS) is 12.9. The Hall–Kier alpha value is -0.0800. The van der Waals surface area contributed by atoms with Crippen molar-refractivity contribution in [3.63, 3.8) is 0 Å². The van der Waals surface area contributed by atoms with E-state index in [0.29, 0.717) is 6.04 Å². The second kappa shape index (κ2) is 14.0. The first-order valence-electron chi connectivity index (χ1n) is 7.81. The van der Waals surface area contributed by atoms with Crippen molar-refractivity contribution in [3.8, 4) is 0 Å². The van der Waals surface area contributed by atoms with Gasteiger partial charge in [-0.25, -0.2) is 0 Å². The van der Waals surface area contributed by atoms with Gasteiger partial charge in [-0.05, 0) is 12.8 Å². The minimum Gasteiger partial charge on any atom is -0.271 e. The monoisotopic (exact) mass is 242 g/mol. The molecule has 0 aliphatic carbocycles. The van der Waals surface area contributed by atoms with Gasteiger partial charge >= 0.3 is 0 Å². The Labute approximate surface area is 109 Å². The molecular weight excluding hydrogens is 208 g/mol. The van der Waals surface area contributed by atoms with E-state index in [9.17, 15) is 0 Å². The Morgan fingerprint density at radius 2 is 1.24 bits per heavy atom. The van der Waals surface area contributed by atoms with E-state index in [4.69, 9.17) is 5.84 Å². The van der Waals surface area contributed by atoms with E-state index in [1.165, 1.54) is 77.0 Å². The highest BCUT2D eigenvalue weighted by Gasteiger charge is 2.03. The SMILES string of the molecule is CCCCCCCCCCCC(CCC)NN. The van der Waals surface area contributed by atoms with E-state index >= 15 is 0 Å². The third kappa shape index (κ3) is 12.2. The van der Waals surface area contributed by atoms with Crippen LogP contribution in [0.4, 0.5) is 0 Å². The van der Waals surface area contributed by atoms with Crippen LogP contribution in [0.3, 0.4) is 0 Å². The number of hydrazine groups is 1. The fourth-order valence-corrected chi connectivity index (χ4v) is 2.36. The van der Waals surface area contributed by atoms with Gasteiger partial charge < -0.3 is 0 Å². The number of rotatable bonds is 13. The van der Waals surface area contributed by atoms with Crippen LogP contribution in [-0.2, 0) is 0 Å². The van der Waals surface area contributed by atoms with Crippen LogP contribution in [-0.4, -0.2) is 6.04 Å². The summed E-state index contributed by atoms with van der Waals surface area (Å²) in [5.41, 5.74) is 2.93. The quantitative estimate of drug-likeness (QED) is 0.283. The van der Waals surface area contributed by atoms with E-state index in [1.54, 1.807) is 0 Å². The molecule has 3 N–H and O–H groups in total. The minimum atomic E-state index is 0.546. The molecule has 0 fully saturated rings. The van der Waals surface area contributed by atoms with Gasteiger partial charge in [-0.1, -0.05) is 78.1 Å². The molecule has 1 atom stereocenters. The number of nitrogens with two attached hydrogens (primary N) is 1. The zero-order valence-electron chi connectivity index (χ0n) is 12.1. The van der Waals surface area contributed by atoms with E-state index < -0.39 is 0 Å². The highest BCUT2D eigenvalue weighted by Crippen LogP contribution is 2.12. The molecule has 17 heavy (non-hydrogen) atoms. The first kappa shape index (κ1) is 16.9. The molecule has 0 aliphatic heterocycles. The van der Waals surface area contributed by atoms with E-state index in [0.717, 1.165) is 0 Å². The maximum atomic E-state index is 5.52. The van der Waals surface area contributed by atoms with E-state index in [2.05, 4.69) is 19.3 Å². The highest BCUT2D eigenvalue weighted by molar-refractivity contribution is 4.62. The molecule has 2 heteroatoms. The fraction of sp³-hybridized carbons (Fsp3) is 1.00. The van der Waals surface area contributed by atoms with Gasteiger partial charge in [0.15, 0.2) is 0 Å². The van der Waals surface area contributed by atoms with Crippen LogP contribution in [0.15, 0.2) is 0 Å². The molecule has 1 unspecified atom stereocenters. The third-order valence-electron chi connectivity index (χ3n) is 3.53. The zero-order chi connectivity index (χ0) is 12.8. The van der Waals surface area contributed by atoms with Crippen LogP contribution in [0, 0.1) is 0 Å². The number of unbranched alkanes of at least 4 members (excludes halogenated alkanes) is 8. The van der Waals surface area contributed by atoms with Crippen molar-refractivity contribution in [2.24, 2.45) is 5.84 Å². The van der Waals surface area contributed by atoms with Gasteiger partial charge in [0, 0.05) is 6.04 Å². The van der Waals surface area contributed by atoms with Crippen molar-refractivity contribution in [1.29, 1.82) is 0 Å². The maximum Gasteiger partial charge on any atom is 0.0210 e. The minimum absolute atomic E-state index is 0.546. The lowest BCUT2D eigenvalue weighted by molar-refractivity contribution is 0.434. The Morgan fingerprint density at radius 1 is 0.706 bits per heavy atom. The van der Waals surface area contributed by atoms with E-state index in [1.807, 2.05) is 0 Å². The topological polar surface area (TPSA) is 38.0 Å². The predicted octanol–water partition coefficient (Wildman–Crippen LogP) is 4.54. The smallest absolute Gasteiger partial charge is 0.0210 e. The van der Waals surface area contributed by atoms with Gasteiger partial charge in [-0.2, -0.15) is 0 Å². The molecule has 0 spiro atoms. The van der Waals surface area contributed by atoms with Gasteiger partial charge in [0.2, 0.25) is 0 Å². The predicted molar refractivity (Wildman–Crippen MR) is 77.9 cm³/mol. The molecule has 0 aromatic rings. The van der Waals surface area contributed by atoms with Crippen LogP contribution >= 0.6 is 0 Å². The summed E-state index contributed by atoms with van der Waals surface area (Å²) in [5.74, 6) is 5.52. The second-order valence-electron chi connectivity index (χ2n) is 5.27. The summed E-state index contributed by atoms with van der Waals surface area (Å²) < 4.78 is 0. The molecule has 0 saturated heterocycles. The van der Waals surface area contributed by atoms with Crippen molar-refractivity contribution in [1.82, 2.24) is 5.43 Å². The Bertz CT molecular complexity index is 137. The molecule has 0 rings (SSSR count). The van der Waals surface area contributed by atoms with Gasteiger partial charge in [-0.15, -0.1) is 0 Å². The highest BCUT2D eigenvalue weighted by atomic mass is 15.2. The molecule has 0 saturated carbocycles. The van der Waals surface area contributed by atoms with Crippen molar-refractivity contribution < 1.29 is 0 Å². The fourth-order valence-electron chi connectivity index (χ4n) is 2.36. The van der Waals surface area contributed by atoms with Gasteiger partial charge in [0.1, 0.15) is 0 Å². The number of hydrogen-bond donors (Lipinski definition) is 2. The number of hydrogen-bond acceptors (Lipinski definition) is 2. The maximum absolute atomic E-state index is 5.52. The Kier molecular flexibility index (Phi) is 13.9. The third-order valence-corrected chi connectivity index (χ3v) is 3.53. The second-order valence-corrected chi connectivity index (χ2v) is 5.27. The average Bonchev–Trinajstić information content (AvgIpc) is 2.35. The summed E-state index contributed by atoms with van der Waals surface area (Å²) in [6, 6.07) is 0.546. The van der Waals surface area contributed by atoms with Gasteiger partial charge in [-0.3, -0.25) is 11.3 Å². The van der Waals surface area contributed by atoms with Crippen LogP contribution in [0.25, 0.3) is 0 Å². The van der Waals surface area contributed by atoms with Crippen LogP contribution in [0.2, 0.25) is 0 Å². The van der Waals surface area contributed by atoms with Crippen molar-refractivity contribution >= 4 is 0 Å². The molecule has 2 nitrogen and oxygen atoms in total. The molecule has 0 bridgehead atoms. The average molecular weight is 242 g/mol. The summed E-state index contributed by atoms with van der Waals surface area (Å²) in [5, 5.41) is 0. The van der Waals surface area contributed by atoms with Gasteiger partial charge in [0.25, 0.3) is 0 Å². The summed E-state index contributed by atoms with van der Waals surface area (Å²) in [6.07, 6.45) is 16.3. The lowest BCUT2D eigenvalue weighted by atomic mass is 10.0. The van der Waals surface area contributed by atoms with Crippen molar-refractivity contribution in [2.75, 3.05) is 0 Å². The first-order valence-corrected chi connectivity index (χ1v) is 7.81. The molecule has 0 heterocycles. The van der Waals surface area contributed by atoms with Crippen molar-refractivity contribution in [2.45, 2.75) is 96.9 Å². The van der Waals surface area contributed by atoms with Crippen LogP contribution in [0.1, 0.15) is 90.9 Å². The molecule has 0 aromatic carbocycles. The molecular formula is C15H34N2. The first-order chi connectivity index (χ1) is 8.35. The lowest BCUT2D eigenvalue weighted by Gasteiger charge is -2.14. The summed E-state index contributed by atoms with van der Waals surface area (Å²) in [7, 11) is 0. The van der Waals surface area contributed by atoms with Crippen LogP contribution in [0.5, 0.6) is 0 Å².